The summed E-state index contributed by atoms with van der Waals surface area (Å²) in [7, 11) is 0. The van der Waals surface area contributed by atoms with Crippen molar-refractivity contribution in [1.29, 1.82) is 0 Å². The number of carbonyl (C=O) groups excluding carboxylic acids is 2. The Morgan fingerprint density at radius 3 is 2.43 bits per heavy atom. The van der Waals surface area contributed by atoms with Gasteiger partial charge in [0, 0.05) is 11.1 Å². The molecule has 0 unspecified atom stereocenters. The maximum absolute atomic E-state index is 12.7. The summed E-state index contributed by atoms with van der Waals surface area (Å²) in [6, 6.07) is 14.0. The molecule has 2 aromatic carbocycles. The van der Waals surface area contributed by atoms with E-state index in [1.165, 1.54) is 6.42 Å². The van der Waals surface area contributed by atoms with Crippen molar-refractivity contribution in [3.8, 4) is 5.75 Å². The van der Waals surface area contributed by atoms with Gasteiger partial charge in [-0.1, -0.05) is 43.0 Å². The number of hydrogen-bond acceptors (Lipinski definition) is 3. The summed E-state index contributed by atoms with van der Waals surface area (Å²) in [6.45, 7) is 1.66. The van der Waals surface area contributed by atoms with Gasteiger partial charge in [-0.15, -0.1) is 0 Å². The zero-order valence-electron chi connectivity index (χ0n) is 15.9. The number of nitrogens with one attached hydrogen (secondary N) is 2. The van der Waals surface area contributed by atoms with Gasteiger partial charge in [0.15, 0.2) is 6.10 Å². The van der Waals surface area contributed by atoms with Crippen LogP contribution < -0.4 is 15.4 Å². The number of hydrogen-bond donors (Lipinski definition) is 2. The first-order valence-corrected chi connectivity index (χ1v) is 10.0. The van der Waals surface area contributed by atoms with Crippen molar-refractivity contribution in [3.63, 3.8) is 0 Å². The van der Waals surface area contributed by atoms with E-state index >= 15 is 0 Å². The largest absolute Gasteiger partial charge is 0.481 e. The number of amides is 2. The summed E-state index contributed by atoms with van der Waals surface area (Å²) in [6.07, 6.45) is 4.80. The van der Waals surface area contributed by atoms with Crippen LogP contribution in [-0.4, -0.2) is 24.0 Å². The highest BCUT2D eigenvalue weighted by Gasteiger charge is 2.21. The summed E-state index contributed by atoms with van der Waals surface area (Å²) in [4.78, 5) is 25.3. The Bertz CT molecular complexity index is 817. The van der Waals surface area contributed by atoms with Crippen LogP contribution in [0.25, 0.3) is 0 Å². The lowest BCUT2D eigenvalue weighted by atomic mass is 9.95. The first-order valence-electron chi connectivity index (χ1n) is 9.66. The Kier molecular flexibility index (Phi) is 6.93. The molecule has 1 saturated carbocycles. The van der Waals surface area contributed by atoms with Crippen LogP contribution in [0.4, 0.5) is 5.69 Å². The molecular weight excluding hydrogens is 376 g/mol. The lowest BCUT2D eigenvalue weighted by Crippen LogP contribution is -2.37. The highest BCUT2D eigenvalue weighted by Crippen LogP contribution is 2.21. The fourth-order valence-electron chi connectivity index (χ4n) is 3.31. The third-order valence-electron chi connectivity index (χ3n) is 4.87. The summed E-state index contributed by atoms with van der Waals surface area (Å²) in [5.74, 6) is 0.0670. The van der Waals surface area contributed by atoms with Gasteiger partial charge in [-0.25, -0.2) is 0 Å². The smallest absolute Gasteiger partial charge is 0.265 e. The second-order valence-corrected chi connectivity index (χ2v) is 7.49. The molecule has 0 heterocycles. The van der Waals surface area contributed by atoms with E-state index in [4.69, 9.17) is 16.3 Å². The van der Waals surface area contributed by atoms with Crippen LogP contribution >= 0.6 is 11.6 Å². The van der Waals surface area contributed by atoms with Crippen molar-refractivity contribution in [2.24, 2.45) is 0 Å². The van der Waals surface area contributed by atoms with Crippen LogP contribution in [0.2, 0.25) is 5.02 Å². The molecule has 28 heavy (non-hydrogen) atoms. The molecule has 5 nitrogen and oxygen atoms in total. The quantitative estimate of drug-likeness (QED) is 0.731. The van der Waals surface area contributed by atoms with Crippen molar-refractivity contribution < 1.29 is 14.3 Å². The molecule has 0 aliphatic heterocycles. The monoisotopic (exact) mass is 400 g/mol. The van der Waals surface area contributed by atoms with E-state index in [-0.39, 0.29) is 17.9 Å². The predicted octanol–water partition coefficient (Wildman–Crippen LogP) is 4.81. The van der Waals surface area contributed by atoms with Crippen LogP contribution in [0, 0.1) is 0 Å². The SMILES string of the molecule is C[C@H](Oc1ccc(Cl)cc1)C(=O)Nc1ccccc1C(=O)NC1CCCCC1. The first kappa shape index (κ1) is 20.2. The van der Waals surface area contributed by atoms with Gasteiger partial charge in [0.2, 0.25) is 0 Å². The summed E-state index contributed by atoms with van der Waals surface area (Å²) < 4.78 is 5.65. The normalized spacial score (nSPS) is 15.5. The van der Waals surface area contributed by atoms with Gasteiger partial charge in [0.25, 0.3) is 11.8 Å². The van der Waals surface area contributed by atoms with Gasteiger partial charge < -0.3 is 15.4 Å². The number of para-hydroxylation sites is 1. The molecule has 0 aromatic heterocycles. The van der Waals surface area contributed by atoms with Crippen LogP contribution in [0.3, 0.4) is 0 Å². The molecule has 3 rings (SSSR count). The lowest BCUT2D eigenvalue weighted by Gasteiger charge is -2.23. The Morgan fingerprint density at radius 1 is 1.04 bits per heavy atom. The van der Waals surface area contributed by atoms with E-state index in [0.717, 1.165) is 25.7 Å². The highest BCUT2D eigenvalue weighted by molar-refractivity contribution is 6.30. The van der Waals surface area contributed by atoms with Crippen molar-refractivity contribution in [2.75, 3.05) is 5.32 Å². The second-order valence-electron chi connectivity index (χ2n) is 7.06. The Hall–Kier alpha value is -2.53. The molecule has 2 aromatic rings. The average molecular weight is 401 g/mol. The second kappa shape index (κ2) is 9.60. The Labute approximate surface area is 170 Å². The fraction of sp³-hybridized carbons (Fsp3) is 0.364. The van der Waals surface area contributed by atoms with Crippen LogP contribution in [0.1, 0.15) is 49.4 Å². The molecule has 1 atom stereocenters. The van der Waals surface area contributed by atoms with Gasteiger partial charge in [0.1, 0.15) is 5.75 Å². The molecule has 0 saturated heterocycles. The maximum Gasteiger partial charge on any atom is 0.265 e. The van der Waals surface area contributed by atoms with Crippen LogP contribution in [0.5, 0.6) is 5.75 Å². The molecule has 1 aliphatic rings. The van der Waals surface area contributed by atoms with E-state index < -0.39 is 6.10 Å². The topological polar surface area (TPSA) is 67.4 Å². The van der Waals surface area contributed by atoms with Crippen molar-refractivity contribution >= 4 is 29.1 Å². The standard InChI is InChI=1S/C22H25ClN2O3/c1-15(28-18-13-11-16(23)12-14-18)21(26)25-20-10-6-5-9-19(20)22(27)24-17-7-3-2-4-8-17/h5-6,9-15,17H,2-4,7-8H2,1H3,(H,24,27)(H,25,26)/t15-/m0/s1. The van der Waals surface area contributed by atoms with Gasteiger partial charge >= 0.3 is 0 Å². The number of rotatable bonds is 6. The molecular formula is C22H25ClN2O3. The van der Waals surface area contributed by atoms with Crippen molar-refractivity contribution in [3.05, 3.63) is 59.1 Å². The van der Waals surface area contributed by atoms with Crippen LogP contribution in [-0.2, 0) is 4.79 Å². The maximum atomic E-state index is 12.7. The van der Waals surface area contributed by atoms with E-state index in [0.29, 0.717) is 22.0 Å². The summed E-state index contributed by atoms with van der Waals surface area (Å²) in [5, 5.41) is 6.50. The lowest BCUT2D eigenvalue weighted by molar-refractivity contribution is -0.122. The van der Waals surface area contributed by atoms with E-state index in [1.54, 1.807) is 55.5 Å². The summed E-state index contributed by atoms with van der Waals surface area (Å²) >= 11 is 5.86. The first-order chi connectivity index (χ1) is 13.5. The molecule has 1 fully saturated rings. The zero-order valence-corrected chi connectivity index (χ0v) is 16.7. The Balaban J connectivity index is 1.63. The van der Waals surface area contributed by atoms with Gasteiger partial charge in [-0.3, -0.25) is 9.59 Å². The molecule has 0 spiro atoms. The fourth-order valence-corrected chi connectivity index (χ4v) is 3.43. The number of halogens is 1. The number of anilines is 1. The molecule has 0 bridgehead atoms. The van der Waals surface area contributed by atoms with Crippen molar-refractivity contribution in [2.45, 2.75) is 51.2 Å². The van der Waals surface area contributed by atoms with Crippen molar-refractivity contribution in [1.82, 2.24) is 5.32 Å². The molecule has 2 N–H and O–H groups in total. The molecule has 1 aliphatic carbocycles. The minimum atomic E-state index is -0.726. The molecule has 148 valence electrons. The summed E-state index contributed by atoms with van der Waals surface area (Å²) in [5.41, 5.74) is 0.937. The minimum Gasteiger partial charge on any atom is -0.481 e. The number of carbonyl (C=O) groups is 2. The van der Waals surface area contributed by atoms with Gasteiger partial charge in [-0.2, -0.15) is 0 Å². The van der Waals surface area contributed by atoms with E-state index in [1.807, 2.05) is 0 Å². The van der Waals surface area contributed by atoms with Gasteiger partial charge in [-0.05, 0) is 56.2 Å². The van der Waals surface area contributed by atoms with Gasteiger partial charge in [0.05, 0.1) is 11.3 Å². The third kappa shape index (κ3) is 5.49. The zero-order chi connectivity index (χ0) is 19.9. The predicted molar refractivity (Wildman–Crippen MR) is 111 cm³/mol. The molecule has 2 amide bonds. The number of ether oxygens (including phenoxy) is 1. The highest BCUT2D eigenvalue weighted by atomic mass is 35.5. The minimum absolute atomic E-state index is 0.158. The Morgan fingerprint density at radius 2 is 1.71 bits per heavy atom. The van der Waals surface area contributed by atoms with Crippen LogP contribution in [0.15, 0.2) is 48.5 Å². The van der Waals surface area contributed by atoms with E-state index in [2.05, 4.69) is 10.6 Å². The molecule has 0 radical (unpaired) electrons. The third-order valence-corrected chi connectivity index (χ3v) is 5.12. The molecule has 6 heteroatoms. The number of benzene rings is 2. The average Bonchev–Trinajstić information content (AvgIpc) is 2.70. The van der Waals surface area contributed by atoms with E-state index in [9.17, 15) is 9.59 Å².